The molecule has 0 radical (unpaired) electrons. The smallest absolute Gasteiger partial charge is 0.355 e. The topological polar surface area (TPSA) is 128 Å². The number of aromatic nitrogens is 3. The van der Waals surface area contributed by atoms with Gasteiger partial charge < -0.3 is 5.11 Å². The molecular weight excluding hydrogens is 563 g/mol. The van der Waals surface area contributed by atoms with E-state index in [9.17, 15) is 18.3 Å². The number of sulfonamides is 1. The van der Waals surface area contributed by atoms with Crippen molar-refractivity contribution >= 4 is 27.3 Å². The third kappa shape index (κ3) is 5.31. The number of nitrogens with two attached hydrogens (primary N) is 1. The van der Waals surface area contributed by atoms with Gasteiger partial charge in [-0.25, -0.2) is 32.4 Å². The molecule has 3 aromatic carbocycles. The Morgan fingerprint density at radius 3 is 2.41 bits per heavy atom. The normalized spacial score (nSPS) is 13.4. The fraction of sp³-hybridized carbons (Fsp3) is 0.167. The molecule has 1 fully saturated rings. The Kier molecular flexibility index (Phi) is 6.80. The molecule has 3 N–H and O–H groups in total. The highest BCUT2D eigenvalue weighted by Crippen LogP contribution is 2.46. The molecule has 41 heavy (non-hydrogen) atoms. The number of aryl methyl sites for hydroxylation is 1. The third-order valence-electron chi connectivity index (χ3n) is 7.17. The molecule has 0 unspecified atom stereocenters. The Bertz CT molecular complexity index is 1890. The molecule has 1 aliphatic carbocycles. The number of carbonyl (C=O) groups is 1. The van der Waals surface area contributed by atoms with Gasteiger partial charge in [-0.05, 0) is 60.7 Å². The number of carboxylic acid groups (broad SMARTS) is 1. The van der Waals surface area contributed by atoms with Crippen molar-refractivity contribution in [1.29, 1.82) is 0 Å². The minimum Gasteiger partial charge on any atom is -0.476 e. The first-order chi connectivity index (χ1) is 19.6. The van der Waals surface area contributed by atoms with Crippen LogP contribution in [0.2, 0.25) is 0 Å². The maximum Gasteiger partial charge on any atom is 0.355 e. The van der Waals surface area contributed by atoms with E-state index in [1.54, 1.807) is 16.8 Å². The number of nitrogens with zero attached hydrogens (tertiary/aromatic N) is 3. The molecule has 0 amide bonds. The predicted molar refractivity (Wildman–Crippen MR) is 154 cm³/mol. The second-order valence-electron chi connectivity index (χ2n) is 10.1. The molecule has 0 atom stereocenters. The number of hydrogen-bond donors (Lipinski definition) is 2. The molecule has 0 aliphatic heterocycles. The fourth-order valence-electron chi connectivity index (χ4n) is 5.00. The molecule has 2 aromatic heterocycles. The Balaban J connectivity index is 1.56. The van der Waals surface area contributed by atoms with E-state index in [4.69, 9.17) is 10.2 Å². The van der Waals surface area contributed by atoms with Gasteiger partial charge in [-0.3, -0.25) is 0 Å². The number of aromatic carboxylic acids is 1. The summed E-state index contributed by atoms with van der Waals surface area (Å²) in [5.41, 5.74) is 5.87. The van der Waals surface area contributed by atoms with Gasteiger partial charge in [-0.1, -0.05) is 42.5 Å². The van der Waals surface area contributed by atoms with Gasteiger partial charge in [-0.2, -0.15) is 5.10 Å². The summed E-state index contributed by atoms with van der Waals surface area (Å²) in [6.07, 6.45) is 2.30. The Labute approximate surface area is 240 Å². The Morgan fingerprint density at radius 1 is 1.10 bits per heavy atom. The number of rotatable bonds is 8. The summed E-state index contributed by atoms with van der Waals surface area (Å²) >= 11 is 1.19. The van der Waals surface area contributed by atoms with E-state index in [1.165, 1.54) is 34.9 Å². The highest BCUT2D eigenvalue weighted by atomic mass is 32.2. The zero-order valence-electron chi connectivity index (χ0n) is 21.9. The van der Waals surface area contributed by atoms with Gasteiger partial charge in [-0.15, -0.1) is 11.3 Å². The highest BCUT2D eigenvalue weighted by Gasteiger charge is 2.34. The van der Waals surface area contributed by atoms with Gasteiger partial charge in [0, 0.05) is 34.4 Å². The lowest BCUT2D eigenvalue weighted by Crippen LogP contribution is -2.11. The molecule has 11 heteroatoms. The summed E-state index contributed by atoms with van der Waals surface area (Å²) in [7, 11) is -3.84. The Hall–Kier alpha value is -4.19. The molecule has 1 aliphatic rings. The van der Waals surface area contributed by atoms with Crippen molar-refractivity contribution in [2.45, 2.75) is 37.0 Å². The number of hydrogen-bond acceptors (Lipinski definition) is 6. The van der Waals surface area contributed by atoms with E-state index < -0.39 is 16.0 Å². The molecule has 0 spiro atoms. The van der Waals surface area contributed by atoms with Crippen LogP contribution in [0.25, 0.3) is 27.5 Å². The van der Waals surface area contributed by atoms with Crippen LogP contribution in [0.15, 0.2) is 77.0 Å². The average Bonchev–Trinajstić information content (AvgIpc) is 3.52. The maximum absolute atomic E-state index is 15.2. The van der Waals surface area contributed by atoms with Gasteiger partial charge in [0.15, 0.2) is 5.69 Å². The summed E-state index contributed by atoms with van der Waals surface area (Å²) in [6, 6.07) is 19.0. The molecule has 8 nitrogen and oxygen atoms in total. The lowest BCUT2D eigenvalue weighted by molar-refractivity contribution is 0.0691. The minimum absolute atomic E-state index is 0.0189. The zero-order chi connectivity index (χ0) is 28.9. The van der Waals surface area contributed by atoms with Crippen LogP contribution in [0, 0.1) is 12.7 Å². The van der Waals surface area contributed by atoms with Crippen molar-refractivity contribution in [3.63, 3.8) is 0 Å². The van der Waals surface area contributed by atoms with Gasteiger partial charge in [0.1, 0.15) is 5.82 Å². The Morgan fingerprint density at radius 2 is 1.80 bits per heavy atom. The summed E-state index contributed by atoms with van der Waals surface area (Å²) in [5.74, 6) is -1.27. The van der Waals surface area contributed by atoms with Crippen LogP contribution in [-0.4, -0.2) is 34.3 Å². The van der Waals surface area contributed by atoms with Crippen molar-refractivity contribution < 1.29 is 22.7 Å². The molecule has 0 saturated heterocycles. The largest absolute Gasteiger partial charge is 0.476 e. The number of halogens is 1. The summed E-state index contributed by atoms with van der Waals surface area (Å²) < 4.78 is 40.6. The second kappa shape index (κ2) is 10.3. The van der Waals surface area contributed by atoms with Gasteiger partial charge in [0.25, 0.3) is 0 Å². The van der Waals surface area contributed by atoms with E-state index in [0.717, 1.165) is 40.8 Å². The molecule has 6 rings (SSSR count). The molecule has 0 bridgehead atoms. The lowest BCUT2D eigenvalue weighted by atomic mass is 9.92. The monoisotopic (exact) mass is 588 g/mol. The lowest BCUT2D eigenvalue weighted by Gasteiger charge is -2.12. The van der Waals surface area contributed by atoms with Crippen molar-refractivity contribution in [3.8, 4) is 27.5 Å². The molecule has 208 valence electrons. The van der Waals surface area contributed by atoms with Crippen LogP contribution in [0.5, 0.6) is 0 Å². The SMILES string of the molecule is Cc1cc(F)c(-c2ccccc2)cc1-c1nn(-c2nc(C(=O)O)cs2)c(C2CC2)c1Cc1ccc(S(N)(=O)=O)cc1. The van der Waals surface area contributed by atoms with Crippen LogP contribution in [0.4, 0.5) is 4.39 Å². The van der Waals surface area contributed by atoms with Crippen molar-refractivity contribution in [1.82, 2.24) is 14.8 Å². The molecule has 5 aromatic rings. The number of benzene rings is 3. The standard InChI is InChI=1S/C30H25FN4O4S2/c1-17-13-25(31)23(19-5-3-2-4-6-19)15-22(17)27-24(14-18-7-11-21(12-8-18)41(32,38)39)28(20-9-10-20)35(34-27)30-33-26(16-40-30)29(36)37/h2-8,11-13,15-16,20H,9-10,14H2,1H3,(H,36,37)(H2,32,38,39). The fourth-order valence-corrected chi connectivity index (χ4v) is 6.28. The van der Waals surface area contributed by atoms with E-state index in [-0.39, 0.29) is 22.3 Å². The molecule has 1 saturated carbocycles. The van der Waals surface area contributed by atoms with E-state index >= 15 is 4.39 Å². The first-order valence-electron chi connectivity index (χ1n) is 12.9. The second-order valence-corrected chi connectivity index (χ2v) is 12.5. The third-order valence-corrected chi connectivity index (χ3v) is 8.91. The van der Waals surface area contributed by atoms with Crippen LogP contribution in [-0.2, 0) is 16.4 Å². The highest BCUT2D eigenvalue weighted by molar-refractivity contribution is 7.89. The van der Waals surface area contributed by atoms with E-state index in [0.29, 0.717) is 28.4 Å². The van der Waals surface area contributed by atoms with Crippen molar-refractivity contribution in [2.24, 2.45) is 5.14 Å². The van der Waals surface area contributed by atoms with Crippen molar-refractivity contribution in [2.75, 3.05) is 0 Å². The van der Waals surface area contributed by atoms with Crippen LogP contribution in [0.3, 0.4) is 0 Å². The first kappa shape index (κ1) is 27.0. The summed E-state index contributed by atoms with van der Waals surface area (Å²) in [6.45, 7) is 1.83. The maximum atomic E-state index is 15.2. The van der Waals surface area contributed by atoms with Gasteiger partial charge >= 0.3 is 5.97 Å². The van der Waals surface area contributed by atoms with E-state index in [2.05, 4.69) is 4.98 Å². The minimum atomic E-state index is -3.84. The number of carboxylic acids is 1. The first-order valence-corrected chi connectivity index (χ1v) is 15.3. The van der Waals surface area contributed by atoms with Crippen molar-refractivity contribution in [3.05, 3.63) is 106 Å². The summed E-state index contributed by atoms with van der Waals surface area (Å²) in [5, 5.41) is 21.7. The van der Waals surface area contributed by atoms with Crippen LogP contribution < -0.4 is 5.14 Å². The predicted octanol–water partition coefficient (Wildman–Crippen LogP) is 5.92. The van der Waals surface area contributed by atoms with Gasteiger partial charge in [0.2, 0.25) is 15.2 Å². The summed E-state index contributed by atoms with van der Waals surface area (Å²) in [4.78, 5) is 15.9. The molecular formula is C30H25FN4O4S2. The number of primary sulfonamides is 1. The average molecular weight is 589 g/mol. The zero-order valence-corrected chi connectivity index (χ0v) is 23.5. The number of thiazole rings is 1. The molecule has 2 heterocycles. The van der Waals surface area contributed by atoms with E-state index in [1.807, 2.05) is 43.3 Å². The van der Waals surface area contributed by atoms with Gasteiger partial charge in [0.05, 0.1) is 16.3 Å². The van der Waals surface area contributed by atoms with Crippen LogP contribution in [0.1, 0.15) is 51.6 Å². The quantitative estimate of drug-likeness (QED) is 0.231. The van der Waals surface area contributed by atoms with Crippen LogP contribution >= 0.6 is 11.3 Å².